The summed E-state index contributed by atoms with van der Waals surface area (Å²) in [5, 5.41) is 12.9. The summed E-state index contributed by atoms with van der Waals surface area (Å²) in [6, 6.07) is 56.0. The second-order valence-electron chi connectivity index (χ2n) is 11.8. The molecule has 0 radical (unpaired) electrons. The summed E-state index contributed by atoms with van der Waals surface area (Å²) in [6.07, 6.45) is 0. The van der Waals surface area contributed by atoms with E-state index in [1.807, 2.05) is 11.3 Å². The van der Waals surface area contributed by atoms with Crippen LogP contribution in [0.4, 0.5) is 0 Å². The van der Waals surface area contributed by atoms with Gasteiger partial charge in [0.25, 0.3) is 0 Å². The Morgan fingerprint density at radius 3 is 1.80 bits per heavy atom. The lowest BCUT2D eigenvalue weighted by Crippen LogP contribution is -1.94. The minimum absolute atomic E-state index is 1.19. The lowest BCUT2D eigenvalue weighted by Gasteiger charge is -2.12. The molecule has 1 nitrogen and oxygen atoms in total. The molecule has 0 bridgehead atoms. The number of hydrogen-bond donors (Lipinski definition) is 0. The topological polar surface area (TPSA) is 4.93 Å². The lowest BCUT2D eigenvalue weighted by atomic mass is 9.99. The van der Waals surface area contributed by atoms with Gasteiger partial charge in [-0.2, -0.15) is 0 Å². The molecule has 204 valence electrons. The highest BCUT2D eigenvalue weighted by atomic mass is 32.1. The van der Waals surface area contributed by atoms with Crippen molar-refractivity contribution in [3.8, 4) is 16.8 Å². The molecule has 2 aromatic heterocycles. The van der Waals surface area contributed by atoms with Gasteiger partial charge < -0.3 is 4.57 Å². The quantitative estimate of drug-likeness (QED) is 0.193. The number of thiophene rings is 1. The first kappa shape index (κ1) is 24.0. The number of benzene rings is 8. The van der Waals surface area contributed by atoms with Crippen LogP contribution < -0.4 is 0 Å². The fourth-order valence-corrected chi connectivity index (χ4v) is 8.46. The molecule has 0 aliphatic heterocycles. The van der Waals surface area contributed by atoms with E-state index in [9.17, 15) is 0 Å². The largest absolute Gasteiger partial charge is 0.309 e. The highest BCUT2D eigenvalue weighted by Crippen LogP contribution is 2.44. The van der Waals surface area contributed by atoms with E-state index < -0.39 is 0 Å². The van der Waals surface area contributed by atoms with E-state index in [2.05, 4.69) is 156 Å². The van der Waals surface area contributed by atoms with E-state index in [1.165, 1.54) is 91.1 Å². The molecule has 10 aromatic rings. The molecule has 10 rings (SSSR count). The summed E-state index contributed by atoms with van der Waals surface area (Å²) in [5.41, 5.74) is 6.16. The minimum Gasteiger partial charge on any atom is -0.309 e. The van der Waals surface area contributed by atoms with Gasteiger partial charge in [0, 0.05) is 47.4 Å². The standard InChI is InChI=1S/C42H25NS/c1-3-9-28-23-30(14-13-26(28)7-1)31-16-22-39-38(25-31)35-19-21-37-34(18-20-36-33-11-5-6-12-40(33)44-42(36)37)41(35)43(39)32-17-15-27-8-2-4-10-29(27)24-32/h1-25H. The van der Waals surface area contributed by atoms with Crippen molar-refractivity contribution in [3.05, 3.63) is 152 Å². The average molecular weight is 576 g/mol. The van der Waals surface area contributed by atoms with E-state index >= 15 is 0 Å². The number of rotatable bonds is 2. The van der Waals surface area contributed by atoms with Crippen LogP contribution in [-0.4, -0.2) is 4.57 Å². The van der Waals surface area contributed by atoms with Crippen LogP contribution in [0.2, 0.25) is 0 Å². The summed E-state index contributed by atoms with van der Waals surface area (Å²) in [5.74, 6) is 0. The summed E-state index contributed by atoms with van der Waals surface area (Å²) in [7, 11) is 0. The van der Waals surface area contributed by atoms with Gasteiger partial charge in [-0.1, -0.05) is 115 Å². The van der Waals surface area contributed by atoms with Crippen LogP contribution in [0.25, 0.3) is 91.1 Å². The first-order chi connectivity index (χ1) is 21.8. The van der Waals surface area contributed by atoms with Gasteiger partial charge in [0.2, 0.25) is 0 Å². The van der Waals surface area contributed by atoms with Crippen molar-refractivity contribution < 1.29 is 0 Å². The Balaban J connectivity index is 1.31. The van der Waals surface area contributed by atoms with Crippen LogP contribution in [-0.2, 0) is 0 Å². The van der Waals surface area contributed by atoms with E-state index in [-0.39, 0.29) is 0 Å². The molecule has 2 heteroatoms. The molecular formula is C42H25NS. The fraction of sp³-hybridized carbons (Fsp3) is 0. The van der Waals surface area contributed by atoms with Crippen molar-refractivity contribution in [1.82, 2.24) is 4.57 Å². The number of hydrogen-bond acceptors (Lipinski definition) is 1. The van der Waals surface area contributed by atoms with E-state index in [0.717, 1.165) is 0 Å². The number of nitrogens with zero attached hydrogens (tertiary/aromatic N) is 1. The number of aromatic nitrogens is 1. The molecule has 2 heterocycles. The van der Waals surface area contributed by atoms with Crippen LogP contribution >= 0.6 is 11.3 Å². The Kier molecular flexibility index (Phi) is 4.94. The molecule has 0 atom stereocenters. The third-order valence-corrected chi connectivity index (χ3v) is 10.6. The third-order valence-electron chi connectivity index (χ3n) is 9.34. The Morgan fingerprint density at radius 2 is 0.977 bits per heavy atom. The summed E-state index contributed by atoms with van der Waals surface area (Å²) >= 11 is 1.90. The van der Waals surface area contributed by atoms with Gasteiger partial charge in [0.1, 0.15) is 0 Å². The number of fused-ring (bicyclic) bond motifs is 11. The molecule has 0 aliphatic rings. The van der Waals surface area contributed by atoms with Crippen LogP contribution in [0.5, 0.6) is 0 Å². The molecule has 0 saturated carbocycles. The predicted octanol–water partition coefficient (Wildman–Crippen LogP) is 12.3. The van der Waals surface area contributed by atoms with E-state index in [4.69, 9.17) is 0 Å². The zero-order chi connectivity index (χ0) is 28.8. The van der Waals surface area contributed by atoms with Crippen molar-refractivity contribution >= 4 is 85.6 Å². The van der Waals surface area contributed by atoms with Gasteiger partial charge >= 0.3 is 0 Å². The Labute approximate surface area is 257 Å². The maximum atomic E-state index is 2.49. The van der Waals surface area contributed by atoms with Gasteiger partial charge in [-0.15, -0.1) is 11.3 Å². The zero-order valence-corrected chi connectivity index (χ0v) is 24.6. The molecule has 0 saturated heterocycles. The molecule has 44 heavy (non-hydrogen) atoms. The normalized spacial score (nSPS) is 12.1. The maximum absolute atomic E-state index is 2.49. The molecule has 0 amide bonds. The molecule has 0 fully saturated rings. The Morgan fingerprint density at radius 1 is 0.386 bits per heavy atom. The second kappa shape index (κ2) is 9.03. The van der Waals surface area contributed by atoms with Crippen molar-refractivity contribution in [1.29, 1.82) is 0 Å². The van der Waals surface area contributed by atoms with Crippen LogP contribution in [0.15, 0.2) is 152 Å². The summed E-state index contributed by atoms with van der Waals surface area (Å²) < 4.78 is 5.19. The molecule has 8 aromatic carbocycles. The monoisotopic (exact) mass is 575 g/mol. The van der Waals surface area contributed by atoms with Crippen LogP contribution in [0.3, 0.4) is 0 Å². The van der Waals surface area contributed by atoms with Crippen LogP contribution in [0, 0.1) is 0 Å². The second-order valence-corrected chi connectivity index (χ2v) is 12.8. The van der Waals surface area contributed by atoms with Crippen molar-refractivity contribution in [2.24, 2.45) is 0 Å². The molecule has 0 spiro atoms. The average Bonchev–Trinajstić information content (AvgIpc) is 3.63. The van der Waals surface area contributed by atoms with Crippen molar-refractivity contribution in [3.63, 3.8) is 0 Å². The summed E-state index contributed by atoms with van der Waals surface area (Å²) in [4.78, 5) is 0. The minimum atomic E-state index is 1.19. The van der Waals surface area contributed by atoms with Gasteiger partial charge in [-0.3, -0.25) is 0 Å². The fourth-order valence-electron chi connectivity index (χ4n) is 7.23. The molecule has 0 aliphatic carbocycles. The Bertz CT molecular complexity index is 2780. The molecule has 0 N–H and O–H groups in total. The summed E-state index contributed by atoms with van der Waals surface area (Å²) in [6.45, 7) is 0. The van der Waals surface area contributed by atoms with Crippen molar-refractivity contribution in [2.45, 2.75) is 0 Å². The predicted molar refractivity (Wildman–Crippen MR) is 192 cm³/mol. The highest BCUT2D eigenvalue weighted by molar-refractivity contribution is 7.26. The smallest absolute Gasteiger partial charge is 0.0619 e. The van der Waals surface area contributed by atoms with Crippen LogP contribution in [0.1, 0.15) is 0 Å². The third kappa shape index (κ3) is 3.40. The first-order valence-corrected chi connectivity index (χ1v) is 15.9. The van der Waals surface area contributed by atoms with Gasteiger partial charge in [0.15, 0.2) is 0 Å². The zero-order valence-electron chi connectivity index (χ0n) is 23.8. The SMILES string of the molecule is c1ccc2cc(-c3ccc4c(c3)c3ccc5c(ccc6c7ccccc7sc65)c3n4-c3ccc4ccccc4c3)ccc2c1. The van der Waals surface area contributed by atoms with Gasteiger partial charge in [-0.25, -0.2) is 0 Å². The first-order valence-electron chi connectivity index (χ1n) is 15.1. The molecule has 0 unspecified atom stereocenters. The van der Waals surface area contributed by atoms with Crippen molar-refractivity contribution in [2.75, 3.05) is 0 Å². The van der Waals surface area contributed by atoms with Gasteiger partial charge in [0.05, 0.1) is 11.0 Å². The maximum Gasteiger partial charge on any atom is 0.0619 e. The van der Waals surface area contributed by atoms with E-state index in [0.29, 0.717) is 0 Å². The Hall–Kier alpha value is -5.44. The lowest BCUT2D eigenvalue weighted by molar-refractivity contribution is 1.19. The van der Waals surface area contributed by atoms with E-state index in [1.54, 1.807) is 0 Å². The highest BCUT2D eigenvalue weighted by Gasteiger charge is 2.18. The molecular weight excluding hydrogens is 551 g/mol. The van der Waals surface area contributed by atoms with Gasteiger partial charge in [-0.05, 0) is 69.1 Å².